The molecule has 4 nitrogen and oxygen atoms in total. The fourth-order valence-corrected chi connectivity index (χ4v) is 3.77. The van der Waals surface area contributed by atoms with Crippen LogP contribution in [0.5, 0.6) is 0 Å². The Hall–Kier alpha value is -1.84. The number of esters is 1. The first-order chi connectivity index (χ1) is 9.64. The zero-order valence-corrected chi connectivity index (χ0v) is 11.4. The highest BCUT2D eigenvalue weighted by Crippen LogP contribution is 2.51. The summed E-state index contributed by atoms with van der Waals surface area (Å²) >= 11 is 0. The molecule has 106 valence electrons. The molecule has 1 aliphatic carbocycles. The number of benzene rings is 1. The monoisotopic (exact) mass is 273 g/mol. The van der Waals surface area contributed by atoms with Crippen molar-refractivity contribution >= 4 is 11.9 Å². The van der Waals surface area contributed by atoms with E-state index in [0.717, 1.165) is 37.7 Å². The lowest BCUT2D eigenvalue weighted by atomic mass is 9.69. The van der Waals surface area contributed by atoms with Crippen LogP contribution in [0.3, 0.4) is 0 Å². The summed E-state index contributed by atoms with van der Waals surface area (Å²) in [5.41, 5.74) is 5.91. The minimum absolute atomic E-state index is 0.242. The van der Waals surface area contributed by atoms with Gasteiger partial charge < -0.3 is 10.5 Å². The zero-order chi connectivity index (χ0) is 14.2. The average molecular weight is 273 g/mol. The second-order valence-corrected chi connectivity index (χ2v) is 5.81. The van der Waals surface area contributed by atoms with Crippen LogP contribution in [0.25, 0.3) is 0 Å². The Balaban J connectivity index is 2.06. The van der Waals surface area contributed by atoms with Gasteiger partial charge in [-0.2, -0.15) is 0 Å². The van der Waals surface area contributed by atoms with E-state index in [0.29, 0.717) is 0 Å². The first-order valence-corrected chi connectivity index (χ1v) is 7.21. The molecule has 1 saturated heterocycles. The van der Waals surface area contributed by atoms with E-state index in [4.69, 9.17) is 10.5 Å². The van der Waals surface area contributed by atoms with E-state index in [2.05, 4.69) is 0 Å². The molecule has 1 heterocycles. The van der Waals surface area contributed by atoms with Gasteiger partial charge in [-0.1, -0.05) is 36.8 Å². The van der Waals surface area contributed by atoms with E-state index < -0.39 is 23.4 Å². The van der Waals surface area contributed by atoms with Gasteiger partial charge in [0.25, 0.3) is 0 Å². The SMILES string of the molecule is NC(=O)[C@H]1C(=O)OC2(CCCCC2)[C@@H]1c1ccccc1. The fraction of sp³-hybridized carbons (Fsp3) is 0.500. The van der Waals surface area contributed by atoms with Crippen molar-refractivity contribution in [3.8, 4) is 0 Å². The van der Waals surface area contributed by atoms with E-state index >= 15 is 0 Å². The third-order valence-corrected chi connectivity index (χ3v) is 4.62. The van der Waals surface area contributed by atoms with Gasteiger partial charge in [-0.3, -0.25) is 9.59 Å². The van der Waals surface area contributed by atoms with Crippen LogP contribution in [-0.2, 0) is 14.3 Å². The van der Waals surface area contributed by atoms with Crippen LogP contribution in [0.1, 0.15) is 43.6 Å². The summed E-state index contributed by atoms with van der Waals surface area (Å²) in [4.78, 5) is 23.9. The van der Waals surface area contributed by atoms with Crippen molar-refractivity contribution in [2.45, 2.75) is 43.6 Å². The Bertz CT molecular complexity index is 520. The van der Waals surface area contributed by atoms with Crippen molar-refractivity contribution in [2.75, 3.05) is 0 Å². The fourth-order valence-electron chi connectivity index (χ4n) is 3.77. The topological polar surface area (TPSA) is 69.4 Å². The van der Waals surface area contributed by atoms with Crippen LogP contribution in [0.15, 0.2) is 30.3 Å². The van der Waals surface area contributed by atoms with E-state index in [9.17, 15) is 9.59 Å². The molecule has 1 spiro atoms. The maximum absolute atomic E-state index is 12.1. The maximum atomic E-state index is 12.1. The van der Waals surface area contributed by atoms with Crippen LogP contribution in [0.2, 0.25) is 0 Å². The van der Waals surface area contributed by atoms with E-state index in [1.807, 2.05) is 30.3 Å². The molecule has 0 unspecified atom stereocenters. The predicted octanol–water partition coefficient (Wildman–Crippen LogP) is 2.13. The van der Waals surface area contributed by atoms with Gasteiger partial charge in [0.15, 0.2) is 0 Å². The molecule has 1 amide bonds. The van der Waals surface area contributed by atoms with Gasteiger partial charge in [-0.05, 0) is 31.2 Å². The first kappa shape index (κ1) is 13.2. The van der Waals surface area contributed by atoms with E-state index in [1.165, 1.54) is 0 Å². The third-order valence-electron chi connectivity index (χ3n) is 4.62. The highest BCUT2D eigenvalue weighted by Gasteiger charge is 2.58. The summed E-state index contributed by atoms with van der Waals surface area (Å²) in [5.74, 6) is -2.12. The molecule has 1 aromatic rings. The molecule has 2 atom stereocenters. The van der Waals surface area contributed by atoms with Crippen LogP contribution in [-0.4, -0.2) is 17.5 Å². The van der Waals surface area contributed by atoms with Gasteiger partial charge in [-0.15, -0.1) is 0 Å². The van der Waals surface area contributed by atoms with Crippen LogP contribution >= 0.6 is 0 Å². The summed E-state index contributed by atoms with van der Waals surface area (Å²) in [7, 11) is 0. The molecular formula is C16H19NO3. The predicted molar refractivity (Wildman–Crippen MR) is 73.8 cm³/mol. The van der Waals surface area contributed by atoms with Crippen LogP contribution in [0, 0.1) is 5.92 Å². The van der Waals surface area contributed by atoms with Crippen molar-refractivity contribution in [1.82, 2.24) is 0 Å². The molecule has 2 aliphatic rings. The number of rotatable bonds is 2. The molecule has 1 aliphatic heterocycles. The Morgan fingerprint density at radius 1 is 1.15 bits per heavy atom. The molecule has 2 N–H and O–H groups in total. The number of hydrogen-bond donors (Lipinski definition) is 1. The molecule has 0 bridgehead atoms. The second kappa shape index (κ2) is 4.93. The lowest BCUT2D eigenvalue weighted by Gasteiger charge is -2.37. The Labute approximate surface area is 118 Å². The summed E-state index contributed by atoms with van der Waals surface area (Å²) in [6.07, 6.45) is 4.86. The Kier molecular flexibility index (Phi) is 3.24. The van der Waals surface area contributed by atoms with Crippen molar-refractivity contribution in [1.29, 1.82) is 0 Å². The summed E-state index contributed by atoms with van der Waals surface area (Å²) < 4.78 is 5.69. The molecule has 3 rings (SSSR count). The Morgan fingerprint density at radius 2 is 1.80 bits per heavy atom. The highest BCUT2D eigenvalue weighted by atomic mass is 16.6. The summed E-state index contributed by atoms with van der Waals surface area (Å²) in [5, 5.41) is 0. The smallest absolute Gasteiger partial charge is 0.319 e. The summed E-state index contributed by atoms with van der Waals surface area (Å²) in [6.45, 7) is 0. The van der Waals surface area contributed by atoms with Gasteiger partial charge in [0.05, 0.1) is 0 Å². The third kappa shape index (κ3) is 1.99. The average Bonchev–Trinajstić information content (AvgIpc) is 2.73. The van der Waals surface area contributed by atoms with Crippen LogP contribution in [0.4, 0.5) is 0 Å². The minimum atomic E-state index is -0.851. The number of nitrogens with two attached hydrogens (primary N) is 1. The molecule has 0 aromatic heterocycles. The van der Waals surface area contributed by atoms with E-state index in [-0.39, 0.29) is 5.92 Å². The lowest BCUT2D eigenvalue weighted by Crippen LogP contribution is -2.39. The number of ether oxygens (including phenoxy) is 1. The standard InChI is InChI=1S/C16H19NO3/c17-14(18)12-13(11-7-3-1-4-8-11)16(20-15(12)19)9-5-2-6-10-16/h1,3-4,7-8,12-13H,2,5-6,9-10H2,(H2,17,18)/t12-,13+/m0/s1. The second-order valence-electron chi connectivity index (χ2n) is 5.81. The minimum Gasteiger partial charge on any atom is -0.458 e. The lowest BCUT2D eigenvalue weighted by molar-refractivity contribution is -0.154. The number of carbonyl (C=O) groups is 2. The summed E-state index contributed by atoms with van der Waals surface area (Å²) in [6, 6.07) is 9.69. The first-order valence-electron chi connectivity index (χ1n) is 7.21. The van der Waals surface area contributed by atoms with Crippen LogP contribution < -0.4 is 5.73 Å². The molecule has 4 heteroatoms. The van der Waals surface area contributed by atoms with Crippen molar-refractivity contribution in [3.63, 3.8) is 0 Å². The largest absolute Gasteiger partial charge is 0.458 e. The quantitative estimate of drug-likeness (QED) is 0.663. The number of amides is 1. The normalized spacial score (nSPS) is 28.3. The van der Waals surface area contributed by atoms with Crippen molar-refractivity contribution in [2.24, 2.45) is 11.7 Å². The van der Waals surface area contributed by atoms with Gasteiger partial charge >= 0.3 is 5.97 Å². The highest BCUT2D eigenvalue weighted by molar-refractivity contribution is 6.00. The van der Waals surface area contributed by atoms with Crippen molar-refractivity contribution < 1.29 is 14.3 Å². The molecule has 1 aromatic carbocycles. The molecule has 0 radical (unpaired) electrons. The zero-order valence-electron chi connectivity index (χ0n) is 11.4. The van der Waals surface area contributed by atoms with Gasteiger partial charge in [0.2, 0.25) is 5.91 Å². The molecule has 20 heavy (non-hydrogen) atoms. The molecule has 1 saturated carbocycles. The number of hydrogen-bond acceptors (Lipinski definition) is 3. The number of primary amides is 1. The Morgan fingerprint density at radius 3 is 2.40 bits per heavy atom. The maximum Gasteiger partial charge on any atom is 0.319 e. The van der Waals surface area contributed by atoms with E-state index in [1.54, 1.807) is 0 Å². The molecular weight excluding hydrogens is 254 g/mol. The number of carbonyl (C=O) groups excluding carboxylic acids is 2. The van der Waals surface area contributed by atoms with Gasteiger partial charge in [0, 0.05) is 5.92 Å². The van der Waals surface area contributed by atoms with Crippen molar-refractivity contribution in [3.05, 3.63) is 35.9 Å². The van der Waals surface area contributed by atoms with Gasteiger partial charge in [-0.25, -0.2) is 0 Å². The molecule has 2 fully saturated rings. The van der Waals surface area contributed by atoms with Gasteiger partial charge in [0.1, 0.15) is 11.5 Å².